The Kier molecular flexibility index (Phi) is 6.54. The summed E-state index contributed by atoms with van der Waals surface area (Å²) in [6, 6.07) is 17.3. The summed E-state index contributed by atoms with van der Waals surface area (Å²) >= 11 is 0. The fourth-order valence-corrected chi connectivity index (χ4v) is 5.35. The molecule has 3 aromatic carbocycles. The van der Waals surface area contributed by atoms with E-state index in [4.69, 9.17) is 4.74 Å². The van der Waals surface area contributed by atoms with E-state index >= 15 is 0 Å². The number of methoxy groups -OCH3 is 1. The van der Waals surface area contributed by atoms with Crippen molar-refractivity contribution >= 4 is 20.9 Å². The highest BCUT2D eigenvalue weighted by molar-refractivity contribution is 7.89. The van der Waals surface area contributed by atoms with Crippen molar-refractivity contribution in [2.45, 2.75) is 31.8 Å². The lowest BCUT2D eigenvalue weighted by Gasteiger charge is -2.23. The van der Waals surface area contributed by atoms with Crippen LogP contribution in [-0.2, 0) is 23.1 Å². The third-order valence-corrected chi connectivity index (χ3v) is 7.51. The van der Waals surface area contributed by atoms with E-state index in [0.29, 0.717) is 16.8 Å². The molecule has 0 unspecified atom stereocenters. The molecule has 0 fully saturated rings. The number of benzene rings is 3. The third kappa shape index (κ3) is 4.88. The minimum atomic E-state index is -4.03. The number of ether oxygens (including phenoxy) is 1. The van der Waals surface area contributed by atoms with Gasteiger partial charge in [-0.25, -0.2) is 12.8 Å². The molecule has 0 saturated heterocycles. The predicted octanol–water partition coefficient (Wildman–Crippen LogP) is 4.68. The second-order valence-electron chi connectivity index (χ2n) is 8.24. The topological polar surface area (TPSA) is 79.5 Å². The van der Waals surface area contributed by atoms with Gasteiger partial charge in [-0.05, 0) is 79.1 Å². The van der Waals surface area contributed by atoms with Crippen molar-refractivity contribution in [2.75, 3.05) is 7.11 Å². The molecule has 1 N–H and O–H groups in total. The molecule has 4 aromatic rings. The molecule has 0 atom stereocenters. The van der Waals surface area contributed by atoms with Gasteiger partial charge in [-0.1, -0.05) is 18.2 Å². The van der Waals surface area contributed by atoms with Crippen molar-refractivity contribution in [3.8, 4) is 5.75 Å². The monoisotopic (exact) mass is 480 g/mol. The Morgan fingerprint density at radius 1 is 0.941 bits per heavy atom. The number of rotatable bonds is 7. The Labute approximate surface area is 197 Å². The zero-order valence-corrected chi connectivity index (χ0v) is 19.9. The van der Waals surface area contributed by atoms with E-state index in [9.17, 15) is 17.6 Å². The summed E-state index contributed by atoms with van der Waals surface area (Å²) in [5.41, 5.74) is 3.39. The van der Waals surface area contributed by atoms with Crippen LogP contribution in [0, 0.1) is 19.7 Å². The van der Waals surface area contributed by atoms with Crippen LogP contribution in [0.15, 0.2) is 76.4 Å². The Morgan fingerprint density at radius 3 is 2.26 bits per heavy atom. The Hall–Kier alpha value is -3.49. The van der Waals surface area contributed by atoms with Crippen LogP contribution in [0.2, 0.25) is 0 Å². The van der Waals surface area contributed by atoms with Crippen LogP contribution < -0.4 is 10.3 Å². The van der Waals surface area contributed by atoms with Crippen LogP contribution in [0.3, 0.4) is 0 Å². The zero-order chi connectivity index (χ0) is 24.5. The average molecular weight is 481 g/mol. The van der Waals surface area contributed by atoms with Crippen molar-refractivity contribution in [2.24, 2.45) is 0 Å². The van der Waals surface area contributed by atoms with Crippen molar-refractivity contribution in [1.29, 1.82) is 0 Å². The van der Waals surface area contributed by atoms with E-state index in [1.54, 1.807) is 37.4 Å². The van der Waals surface area contributed by atoms with Crippen LogP contribution in [-0.4, -0.2) is 24.8 Å². The van der Waals surface area contributed by atoms with Gasteiger partial charge in [-0.15, -0.1) is 0 Å². The van der Waals surface area contributed by atoms with Gasteiger partial charge in [0.15, 0.2) is 0 Å². The average Bonchev–Trinajstić information content (AvgIpc) is 2.80. The number of aromatic nitrogens is 1. The van der Waals surface area contributed by atoms with E-state index < -0.39 is 15.8 Å². The van der Waals surface area contributed by atoms with Crippen LogP contribution in [0.5, 0.6) is 5.75 Å². The van der Waals surface area contributed by atoms with Crippen molar-refractivity contribution < 1.29 is 17.5 Å². The second-order valence-corrected chi connectivity index (χ2v) is 10.2. The van der Waals surface area contributed by atoms with E-state index in [-0.39, 0.29) is 23.5 Å². The maximum Gasteiger partial charge on any atom is 0.252 e. The minimum Gasteiger partial charge on any atom is -0.497 e. The van der Waals surface area contributed by atoms with Gasteiger partial charge in [0.25, 0.3) is 5.56 Å². The summed E-state index contributed by atoms with van der Waals surface area (Å²) in [7, 11) is -2.48. The number of aromatic amines is 1. The van der Waals surface area contributed by atoms with Crippen LogP contribution in [0.25, 0.3) is 10.9 Å². The SMILES string of the molecule is COc1ccc(CN(Cc2cc3c(C)cc(C)cc3[nH]c2=O)S(=O)(=O)c2ccc(F)cc2)cc1. The first-order valence-electron chi connectivity index (χ1n) is 10.7. The smallest absolute Gasteiger partial charge is 0.252 e. The van der Waals surface area contributed by atoms with Gasteiger partial charge in [-0.2, -0.15) is 4.31 Å². The number of fused-ring (bicyclic) bond motifs is 1. The lowest BCUT2D eigenvalue weighted by atomic mass is 10.0. The molecule has 1 heterocycles. The Morgan fingerprint density at radius 2 is 1.62 bits per heavy atom. The molecule has 0 radical (unpaired) electrons. The third-order valence-electron chi connectivity index (χ3n) is 5.71. The van der Waals surface area contributed by atoms with E-state index in [2.05, 4.69) is 4.98 Å². The summed E-state index contributed by atoms with van der Waals surface area (Å²) in [5, 5.41) is 0.851. The molecule has 6 nitrogen and oxygen atoms in total. The number of pyridine rings is 1. The van der Waals surface area contributed by atoms with E-state index in [1.165, 1.54) is 16.4 Å². The summed E-state index contributed by atoms with van der Waals surface area (Å²) in [5.74, 6) is 0.117. The first kappa shape index (κ1) is 23.7. The van der Waals surface area contributed by atoms with Gasteiger partial charge in [0.05, 0.1) is 12.0 Å². The van der Waals surface area contributed by atoms with Gasteiger partial charge in [0.1, 0.15) is 11.6 Å². The van der Waals surface area contributed by atoms with Gasteiger partial charge >= 0.3 is 0 Å². The number of H-pyrrole nitrogens is 1. The number of aryl methyl sites for hydroxylation is 2. The van der Waals surface area contributed by atoms with Crippen LogP contribution >= 0.6 is 0 Å². The molecule has 4 rings (SSSR count). The predicted molar refractivity (Wildman–Crippen MR) is 130 cm³/mol. The highest BCUT2D eigenvalue weighted by atomic mass is 32.2. The quantitative estimate of drug-likeness (QED) is 0.416. The standard InChI is InChI=1S/C26H25FN2O4S/c1-17-12-18(2)24-14-20(26(30)28-25(24)13-17)16-29(15-19-4-8-22(33-3)9-5-19)34(31,32)23-10-6-21(27)7-11-23/h4-14H,15-16H2,1-3H3,(H,28,30). The molecule has 0 aliphatic rings. The minimum absolute atomic E-state index is 0.0219. The van der Waals surface area contributed by atoms with Gasteiger partial charge in [0, 0.05) is 29.6 Å². The highest BCUT2D eigenvalue weighted by Crippen LogP contribution is 2.24. The van der Waals surface area contributed by atoms with Gasteiger partial charge in [-0.3, -0.25) is 4.79 Å². The fourth-order valence-electron chi connectivity index (χ4n) is 3.94. The van der Waals surface area contributed by atoms with Crippen LogP contribution in [0.4, 0.5) is 4.39 Å². The second kappa shape index (κ2) is 9.40. The number of nitrogens with one attached hydrogen (secondary N) is 1. The normalized spacial score (nSPS) is 11.8. The lowest BCUT2D eigenvalue weighted by molar-refractivity contribution is 0.398. The maximum absolute atomic E-state index is 13.5. The number of hydrogen-bond acceptors (Lipinski definition) is 4. The van der Waals surface area contributed by atoms with Gasteiger partial charge < -0.3 is 9.72 Å². The number of nitrogens with zero attached hydrogens (tertiary/aromatic N) is 1. The zero-order valence-electron chi connectivity index (χ0n) is 19.1. The molecule has 34 heavy (non-hydrogen) atoms. The van der Waals surface area contributed by atoms with E-state index in [0.717, 1.165) is 34.2 Å². The van der Waals surface area contributed by atoms with E-state index in [1.807, 2.05) is 26.0 Å². The summed E-state index contributed by atoms with van der Waals surface area (Å²) in [6.45, 7) is 3.77. The molecular weight excluding hydrogens is 455 g/mol. The molecule has 0 aliphatic carbocycles. The largest absolute Gasteiger partial charge is 0.497 e. The number of sulfonamides is 1. The van der Waals surface area contributed by atoms with Crippen LogP contribution in [0.1, 0.15) is 22.3 Å². The molecular formula is C26H25FN2O4S. The Balaban J connectivity index is 1.78. The molecule has 0 aliphatic heterocycles. The lowest BCUT2D eigenvalue weighted by Crippen LogP contribution is -2.32. The van der Waals surface area contributed by atoms with Crippen molar-refractivity contribution in [3.05, 3.63) is 105 Å². The first-order chi connectivity index (χ1) is 16.2. The summed E-state index contributed by atoms with van der Waals surface area (Å²) in [6.07, 6.45) is 0. The summed E-state index contributed by atoms with van der Waals surface area (Å²) in [4.78, 5) is 15.7. The molecule has 1 aromatic heterocycles. The molecule has 0 spiro atoms. The molecule has 0 amide bonds. The molecule has 176 valence electrons. The molecule has 0 bridgehead atoms. The molecule has 0 saturated carbocycles. The highest BCUT2D eigenvalue weighted by Gasteiger charge is 2.26. The van der Waals surface area contributed by atoms with Gasteiger partial charge in [0.2, 0.25) is 10.0 Å². The summed E-state index contributed by atoms with van der Waals surface area (Å²) < 4.78 is 46.9. The number of halogens is 1. The first-order valence-corrected chi connectivity index (χ1v) is 12.1. The Bertz CT molecular complexity index is 1500. The van der Waals surface area contributed by atoms with Crippen molar-refractivity contribution in [1.82, 2.24) is 9.29 Å². The van der Waals surface area contributed by atoms with Crippen molar-refractivity contribution in [3.63, 3.8) is 0 Å². The molecule has 8 heteroatoms. The number of hydrogen-bond donors (Lipinski definition) is 1. The maximum atomic E-state index is 13.5. The fraction of sp³-hybridized carbons (Fsp3) is 0.192.